The van der Waals surface area contributed by atoms with Gasteiger partial charge in [-0.25, -0.2) is 0 Å². The van der Waals surface area contributed by atoms with Gasteiger partial charge >= 0.3 is 11.9 Å². The molecule has 224 valence electrons. The zero-order valence-corrected chi connectivity index (χ0v) is 25.6. The molecule has 0 heterocycles. The number of ether oxygens (including phenoxy) is 2. The largest absolute Gasteiger partial charge is 0.466 e. The molecule has 0 aromatic heterocycles. The first-order valence-corrected chi connectivity index (χ1v) is 16.7. The SMILES string of the molecule is CCCCCCCOC(=O)CCCCCCC/C=C/CCCCCCCCCC(=O)OCCCCCCC. The first-order valence-electron chi connectivity index (χ1n) is 16.7. The Morgan fingerprint density at radius 2 is 0.737 bits per heavy atom. The zero-order valence-electron chi connectivity index (χ0n) is 25.6. The topological polar surface area (TPSA) is 52.6 Å². The van der Waals surface area contributed by atoms with Gasteiger partial charge in [0.25, 0.3) is 0 Å². The minimum Gasteiger partial charge on any atom is -0.466 e. The van der Waals surface area contributed by atoms with E-state index in [1.807, 2.05) is 0 Å². The lowest BCUT2D eigenvalue weighted by atomic mass is 10.1. The van der Waals surface area contributed by atoms with E-state index in [-0.39, 0.29) is 11.9 Å². The van der Waals surface area contributed by atoms with Crippen molar-refractivity contribution in [2.75, 3.05) is 13.2 Å². The lowest BCUT2D eigenvalue weighted by molar-refractivity contribution is -0.144. The second-order valence-corrected chi connectivity index (χ2v) is 11.1. The molecule has 0 aliphatic heterocycles. The summed E-state index contributed by atoms with van der Waals surface area (Å²) in [6, 6.07) is 0. The Kier molecular flexibility index (Phi) is 30.8. The first-order chi connectivity index (χ1) is 18.7. The Morgan fingerprint density at radius 1 is 0.421 bits per heavy atom. The lowest BCUT2D eigenvalue weighted by Crippen LogP contribution is -2.05. The van der Waals surface area contributed by atoms with Gasteiger partial charge in [-0.1, -0.05) is 129 Å². The van der Waals surface area contributed by atoms with Gasteiger partial charge in [0.1, 0.15) is 0 Å². The molecule has 0 unspecified atom stereocenters. The lowest BCUT2D eigenvalue weighted by Gasteiger charge is -2.05. The molecule has 0 aliphatic carbocycles. The van der Waals surface area contributed by atoms with Gasteiger partial charge in [0.15, 0.2) is 0 Å². The van der Waals surface area contributed by atoms with Crippen LogP contribution >= 0.6 is 0 Å². The highest BCUT2D eigenvalue weighted by molar-refractivity contribution is 5.69. The second kappa shape index (κ2) is 31.9. The van der Waals surface area contributed by atoms with Crippen molar-refractivity contribution in [1.29, 1.82) is 0 Å². The monoisotopic (exact) mass is 536 g/mol. The highest BCUT2D eigenvalue weighted by Crippen LogP contribution is 2.12. The average molecular weight is 537 g/mol. The maximum Gasteiger partial charge on any atom is 0.305 e. The van der Waals surface area contributed by atoms with E-state index < -0.39 is 0 Å². The van der Waals surface area contributed by atoms with Crippen LogP contribution in [0.2, 0.25) is 0 Å². The van der Waals surface area contributed by atoms with E-state index in [1.165, 1.54) is 116 Å². The minimum absolute atomic E-state index is 0.00652. The summed E-state index contributed by atoms with van der Waals surface area (Å²) in [5.74, 6) is -0.0166. The van der Waals surface area contributed by atoms with Crippen LogP contribution in [0.4, 0.5) is 0 Å². The van der Waals surface area contributed by atoms with E-state index in [2.05, 4.69) is 26.0 Å². The fourth-order valence-corrected chi connectivity index (χ4v) is 4.64. The third-order valence-electron chi connectivity index (χ3n) is 7.19. The highest BCUT2D eigenvalue weighted by Gasteiger charge is 2.03. The van der Waals surface area contributed by atoms with Crippen LogP contribution in [-0.2, 0) is 19.1 Å². The Balaban J connectivity index is 3.24. The molecule has 0 bridgehead atoms. The smallest absolute Gasteiger partial charge is 0.305 e. The van der Waals surface area contributed by atoms with Gasteiger partial charge in [-0.2, -0.15) is 0 Å². The number of carbonyl (C=O) groups is 2. The predicted octanol–water partition coefficient (Wildman–Crippen LogP) is 10.8. The molecule has 0 amide bonds. The number of allylic oxidation sites excluding steroid dienone is 2. The van der Waals surface area contributed by atoms with E-state index in [9.17, 15) is 9.59 Å². The summed E-state index contributed by atoms with van der Waals surface area (Å²) in [5.41, 5.74) is 0. The van der Waals surface area contributed by atoms with Crippen molar-refractivity contribution in [3.05, 3.63) is 12.2 Å². The number of hydrogen-bond donors (Lipinski definition) is 0. The van der Waals surface area contributed by atoms with Crippen molar-refractivity contribution >= 4 is 11.9 Å². The molecule has 0 saturated heterocycles. The summed E-state index contributed by atoms with van der Waals surface area (Å²) in [6.45, 7) is 5.64. The average Bonchev–Trinajstić information content (AvgIpc) is 2.91. The summed E-state index contributed by atoms with van der Waals surface area (Å²) in [4.78, 5) is 23.5. The number of esters is 2. The molecule has 0 radical (unpaired) electrons. The van der Waals surface area contributed by atoms with E-state index in [0.717, 1.165) is 38.5 Å². The maximum absolute atomic E-state index is 11.7. The fraction of sp³-hybridized carbons (Fsp3) is 0.882. The molecule has 0 aromatic carbocycles. The molecular weight excluding hydrogens is 472 g/mol. The van der Waals surface area contributed by atoms with Crippen LogP contribution in [0.1, 0.15) is 181 Å². The van der Waals surface area contributed by atoms with Crippen molar-refractivity contribution in [1.82, 2.24) is 0 Å². The van der Waals surface area contributed by atoms with Crippen LogP contribution < -0.4 is 0 Å². The molecule has 38 heavy (non-hydrogen) atoms. The maximum atomic E-state index is 11.7. The molecule has 4 nitrogen and oxygen atoms in total. The van der Waals surface area contributed by atoms with Gasteiger partial charge in [-0.3, -0.25) is 9.59 Å². The van der Waals surface area contributed by atoms with Crippen molar-refractivity contribution in [3.8, 4) is 0 Å². The number of rotatable bonds is 30. The van der Waals surface area contributed by atoms with Crippen LogP contribution in [0, 0.1) is 0 Å². The molecule has 0 rings (SSSR count). The fourth-order valence-electron chi connectivity index (χ4n) is 4.64. The standard InChI is InChI=1S/C34H64O4/c1-3-5-7-23-27-31-37-33(35)29-25-21-19-17-15-13-11-9-10-12-14-16-18-20-22-26-30-34(36)38-32-28-24-8-6-4-2/h9,11H,3-8,10,12-32H2,1-2H3/b11-9+. The minimum atomic E-state index is -0.0101. The Bertz CT molecular complexity index is 529. The van der Waals surface area contributed by atoms with Crippen molar-refractivity contribution < 1.29 is 19.1 Å². The van der Waals surface area contributed by atoms with Crippen LogP contribution in [-0.4, -0.2) is 25.2 Å². The van der Waals surface area contributed by atoms with Gasteiger partial charge in [-0.05, 0) is 51.4 Å². The van der Waals surface area contributed by atoms with Crippen LogP contribution in [0.15, 0.2) is 12.2 Å². The molecule has 0 atom stereocenters. The summed E-state index contributed by atoms with van der Waals surface area (Å²) in [7, 11) is 0. The summed E-state index contributed by atoms with van der Waals surface area (Å²) < 4.78 is 10.6. The summed E-state index contributed by atoms with van der Waals surface area (Å²) >= 11 is 0. The van der Waals surface area contributed by atoms with Crippen molar-refractivity contribution in [2.24, 2.45) is 0 Å². The van der Waals surface area contributed by atoms with Crippen LogP contribution in [0.5, 0.6) is 0 Å². The normalized spacial score (nSPS) is 11.3. The summed E-state index contributed by atoms with van der Waals surface area (Å²) in [5, 5.41) is 0. The molecule has 4 heteroatoms. The molecule has 0 N–H and O–H groups in total. The van der Waals surface area contributed by atoms with Crippen LogP contribution in [0.3, 0.4) is 0 Å². The number of unbranched alkanes of at least 4 members (excludes halogenated alkanes) is 20. The third kappa shape index (κ3) is 30.9. The molecule has 0 fully saturated rings. The second-order valence-electron chi connectivity index (χ2n) is 11.1. The molecule has 0 aliphatic rings. The zero-order chi connectivity index (χ0) is 27.8. The van der Waals surface area contributed by atoms with Crippen molar-refractivity contribution in [3.63, 3.8) is 0 Å². The predicted molar refractivity (Wildman–Crippen MR) is 162 cm³/mol. The molecule has 0 spiro atoms. The van der Waals surface area contributed by atoms with E-state index >= 15 is 0 Å². The Morgan fingerprint density at radius 3 is 1.13 bits per heavy atom. The van der Waals surface area contributed by atoms with Gasteiger partial charge in [0, 0.05) is 12.8 Å². The third-order valence-corrected chi connectivity index (χ3v) is 7.19. The molecule has 0 saturated carbocycles. The van der Waals surface area contributed by atoms with Gasteiger partial charge in [0.2, 0.25) is 0 Å². The van der Waals surface area contributed by atoms with Crippen molar-refractivity contribution in [2.45, 2.75) is 181 Å². The molecule has 0 aromatic rings. The Labute approximate surface area is 237 Å². The van der Waals surface area contributed by atoms with E-state index in [1.54, 1.807) is 0 Å². The number of carbonyl (C=O) groups excluding carboxylic acids is 2. The Hall–Kier alpha value is -1.32. The van der Waals surface area contributed by atoms with Gasteiger partial charge in [-0.15, -0.1) is 0 Å². The van der Waals surface area contributed by atoms with Crippen LogP contribution in [0.25, 0.3) is 0 Å². The first kappa shape index (κ1) is 36.7. The van der Waals surface area contributed by atoms with Gasteiger partial charge in [0.05, 0.1) is 13.2 Å². The summed E-state index contributed by atoms with van der Waals surface area (Å²) in [6.07, 6.45) is 34.6. The number of hydrogen-bond acceptors (Lipinski definition) is 4. The van der Waals surface area contributed by atoms with E-state index in [4.69, 9.17) is 9.47 Å². The van der Waals surface area contributed by atoms with Gasteiger partial charge < -0.3 is 9.47 Å². The highest BCUT2D eigenvalue weighted by atomic mass is 16.5. The van der Waals surface area contributed by atoms with E-state index in [0.29, 0.717) is 26.1 Å². The molecular formula is C34H64O4. The quantitative estimate of drug-likeness (QED) is 0.0520.